The summed E-state index contributed by atoms with van der Waals surface area (Å²) >= 11 is 0. The zero-order valence-electron chi connectivity index (χ0n) is 12.7. The van der Waals surface area contributed by atoms with Crippen LogP contribution in [0, 0.1) is 18.8 Å². The molecule has 0 saturated carbocycles. The van der Waals surface area contributed by atoms with Crippen molar-refractivity contribution in [3.05, 3.63) is 32.6 Å². The highest BCUT2D eigenvalue weighted by Gasteiger charge is 2.42. The van der Waals surface area contributed by atoms with Crippen molar-refractivity contribution in [2.24, 2.45) is 11.8 Å². The fourth-order valence-corrected chi connectivity index (χ4v) is 2.82. The maximum Gasteiger partial charge on any atom is 0.330 e. The molecule has 1 aliphatic rings. The molecule has 1 aromatic heterocycles. The van der Waals surface area contributed by atoms with E-state index in [1.54, 1.807) is 14.0 Å². The minimum atomic E-state index is -0.679. The number of rotatable bonds is 3. The molecule has 21 heavy (non-hydrogen) atoms. The van der Waals surface area contributed by atoms with Crippen LogP contribution in [0.3, 0.4) is 0 Å². The average Bonchev–Trinajstić information content (AvgIpc) is 2.45. The second kappa shape index (κ2) is 6.13. The highest BCUT2D eigenvalue weighted by atomic mass is 16.6. The van der Waals surface area contributed by atoms with E-state index in [1.165, 1.54) is 10.8 Å². The molecule has 0 aromatic carbocycles. The molecular weight excluding hydrogens is 276 g/mol. The molecule has 0 bridgehead atoms. The van der Waals surface area contributed by atoms with Gasteiger partial charge in [0.25, 0.3) is 5.56 Å². The molecule has 1 fully saturated rings. The first-order valence-corrected chi connectivity index (χ1v) is 7.01. The number of aliphatic hydroxyl groups excluding tert-OH is 1. The lowest BCUT2D eigenvalue weighted by Gasteiger charge is -2.44. The first kappa shape index (κ1) is 15.9. The summed E-state index contributed by atoms with van der Waals surface area (Å²) in [7, 11) is 1.56. The highest BCUT2D eigenvalue weighted by molar-refractivity contribution is 5.02. The molecule has 118 valence electrons. The number of ether oxygens (including phenoxy) is 2. The number of aromatic amines is 1. The largest absolute Gasteiger partial charge is 0.394 e. The van der Waals surface area contributed by atoms with Crippen LogP contribution in [0.25, 0.3) is 0 Å². The van der Waals surface area contributed by atoms with Crippen LogP contribution in [0.4, 0.5) is 0 Å². The Morgan fingerprint density at radius 2 is 2.05 bits per heavy atom. The molecule has 0 radical (unpaired) electrons. The Labute approximate surface area is 122 Å². The van der Waals surface area contributed by atoms with Gasteiger partial charge in [-0.1, -0.05) is 13.8 Å². The summed E-state index contributed by atoms with van der Waals surface area (Å²) in [5.74, 6) is 0.181. The SMILES string of the molecule is COC1C(C)C(C)C(CO)O[C@H]1n1cc(C)c(=O)[nH]c1=O. The molecule has 7 heteroatoms. The number of aryl methyl sites for hydroxylation is 1. The van der Waals surface area contributed by atoms with Gasteiger partial charge in [0.1, 0.15) is 6.10 Å². The molecule has 0 spiro atoms. The van der Waals surface area contributed by atoms with Crippen LogP contribution in [0.2, 0.25) is 0 Å². The van der Waals surface area contributed by atoms with E-state index < -0.39 is 17.5 Å². The molecular formula is C14H22N2O5. The lowest BCUT2D eigenvalue weighted by molar-refractivity contribution is -0.217. The molecule has 4 unspecified atom stereocenters. The number of nitrogens with one attached hydrogen (secondary N) is 1. The maximum atomic E-state index is 12.0. The van der Waals surface area contributed by atoms with Crippen LogP contribution >= 0.6 is 0 Å². The van der Waals surface area contributed by atoms with Crippen LogP contribution in [-0.2, 0) is 9.47 Å². The number of hydrogen-bond acceptors (Lipinski definition) is 5. The van der Waals surface area contributed by atoms with E-state index in [-0.39, 0.29) is 30.7 Å². The molecule has 1 aromatic rings. The predicted octanol–water partition coefficient (Wildman–Crippen LogP) is 0.0219. The second-order valence-corrected chi connectivity index (χ2v) is 5.64. The van der Waals surface area contributed by atoms with Crippen molar-refractivity contribution in [1.82, 2.24) is 9.55 Å². The fourth-order valence-electron chi connectivity index (χ4n) is 2.82. The maximum absolute atomic E-state index is 12.0. The van der Waals surface area contributed by atoms with Crippen LogP contribution in [0.5, 0.6) is 0 Å². The summed E-state index contributed by atoms with van der Waals surface area (Å²) in [6, 6.07) is 0. The fraction of sp³-hybridized carbons (Fsp3) is 0.714. The summed E-state index contributed by atoms with van der Waals surface area (Å²) in [4.78, 5) is 25.8. The first-order chi connectivity index (χ1) is 9.90. The van der Waals surface area contributed by atoms with Gasteiger partial charge in [0, 0.05) is 18.9 Å². The van der Waals surface area contributed by atoms with Gasteiger partial charge >= 0.3 is 5.69 Å². The third-order valence-electron chi connectivity index (χ3n) is 4.40. The molecule has 2 rings (SSSR count). The third-order valence-corrected chi connectivity index (χ3v) is 4.40. The van der Waals surface area contributed by atoms with E-state index in [0.717, 1.165) is 0 Å². The van der Waals surface area contributed by atoms with Crippen molar-refractivity contribution in [3.8, 4) is 0 Å². The number of methoxy groups -OCH3 is 1. The van der Waals surface area contributed by atoms with Crippen LogP contribution in [0.1, 0.15) is 25.6 Å². The summed E-state index contributed by atoms with van der Waals surface area (Å²) in [6.45, 7) is 5.47. The van der Waals surface area contributed by atoms with Gasteiger partial charge in [0.05, 0.1) is 12.7 Å². The van der Waals surface area contributed by atoms with Crippen LogP contribution in [0.15, 0.2) is 15.8 Å². The van der Waals surface area contributed by atoms with Gasteiger partial charge in [-0.15, -0.1) is 0 Å². The number of aliphatic hydroxyl groups is 1. The molecule has 1 aliphatic heterocycles. The molecule has 1 saturated heterocycles. The molecule has 2 N–H and O–H groups in total. The zero-order valence-corrected chi connectivity index (χ0v) is 12.7. The van der Waals surface area contributed by atoms with Gasteiger partial charge in [-0.05, 0) is 18.8 Å². The topological polar surface area (TPSA) is 93.5 Å². The van der Waals surface area contributed by atoms with Crippen molar-refractivity contribution in [1.29, 1.82) is 0 Å². The van der Waals surface area contributed by atoms with Gasteiger partial charge in [0.2, 0.25) is 0 Å². The summed E-state index contributed by atoms with van der Waals surface area (Å²) < 4.78 is 12.7. The monoisotopic (exact) mass is 298 g/mol. The summed E-state index contributed by atoms with van der Waals surface area (Å²) in [6.07, 6.45) is 0.0670. The van der Waals surface area contributed by atoms with Crippen LogP contribution in [-0.4, -0.2) is 40.6 Å². The van der Waals surface area contributed by atoms with E-state index in [0.29, 0.717) is 5.56 Å². The molecule has 0 amide bonds. The Balaban J connectivity index is 2.47. The van der Waals surface area contributed by atoms with Crippen molar-refractivity contribution < 1.29 is 14.6 Å². The number of aromatic nitrogens is 2. The van der Waals surface area contributed by atoms with E-state index in [4.69, 9.17) is 9.47 Å². The van der Waals surface area contributed by atoms with Crippen molar-refractivity contribution >= 4 is 0 Å². The molecule has 7 nitrogen and oxygen atoms in total. The second-order valence-electron chi connectivity index (χ2n) is 5.64. The normalized spacial score (nSPS) is 33.1. The van der Waals surface area contributed by atoms with Gasteiger partial charge in [-0.3, -0.25) is 14.3 Å². The Kier molecular flexibility index (Phi) is 4.65. The first-order valence-electron chi connectivity index (χ1n) is 7.01. The third kappa shape index (κ3) is 2.81. The summed E-state index contributed by atoms with van der Waals surface area (Å²) in [5, 5.41) is 9.46. The van der Waals surface area contributed by atoms with E-state index in [9.17, 15) is 14.7 Å². The van der Waals surface area contributed by atoms with Gasteiger partial charge in [0.15, 0.2) is 6.23 Å². The minimum absolute atomic E-state index is 0.0880. The van der Waals surface area contributed by atoms with Crippen LogP contribution < -0.4 is 11.2 Å². The van der Waals surface area contributed by atoms with E-state index >= 15 is 0 Å². The molecule has 2 heterocycles. The number of hydrogen-bond donors (Lipinski definition) is 2. The summed E-state index contributed by atoms with van der Waals surface area (Å²) in [5.41, 5.74) is -0.544. The van der Waals surface area contributed by atoms with Gasteiger partial charge in [-0.25, -0.2) is 4.79 Å². The number of H-pyrrole nitrogens is 1. The Morgan fingerprint density at radius 1 is 1.38 bits per heavy atom. The van der Waals surface area contributed by atoms with E-state index in [1.807, 2.05) is 13.8 Å². The van der Waals surface area contributed by atoms with Crippen molar-refractivity contribution in [2.45, 2.75) is 39.2 Å². The lowest BCUT2D eigenvalue weighted by atomic mass is 9.83. The Hall–Kier alpha value is -1.44. The molecule has 0 aliphatic carbocycles. The predicted molar refractivity (Wildman–Crippen MR) is 76.2 cm³/mol. The zero-order chi connectivity index (χ0) is 15.7. The highest BCUT2D eigenvalue weighted by Crippen LogP contribution is 2.36. The van der Waals surface area contributed by atoms with Gasteiger partial charge < -0.3 is 14.6 Å². The lowest BCUT2D eigenvalue weighted by Crippen LogP contribution is -2.51. The van der Waals surface area contributed by atoms with Crippen molar-refractivity contribution in [2.75, 3.05) is 13.7 Å². The minimum Gasteiger partial charge on any atom is -0.394 e. The number of nitrogens with zero attached hydrogens (tertiary/aromatic N) is 1. The average molecular weight is 298 g/mol. The Morgan fingerprint density at radius 3 is 2.62 bits per heavy atom. The molecule has 5 atom stereocenters. The smallest absolute Gasteiger partial charge is 0.330 e. The van der Waals surface area contributed by atoms with Crippen molar-refractivity contribution in [3.63, 3.8) is 0 Å². The Bertz CT molecular complexity index is 608. The van der Waals surface area contributed by atoms with Gasteiger partial charge in [-0.2, -0.15) is 0 Å². The van der Waals surface area contributed by atoms with E-state index in [2.05, 4.69) is 4.98 Å². The standard InChI is InChI=1S/C14H22N2O5/c1-7-5-16(14(19)15-12(7)18)13-11(20-4)9(3)8(2)10(6-17)21-13/h5,8-11,13,17H,6H2,1-4H3,(H,15,18,19)/t8?,9?,10?,11?,13-/m1/s1. The quantitative estimate of drug-likeness (QED) is 0.820.